The van der Waals surface area contributed by atoms with Gasteiger partial charge in [0.15, 0.2) is 0 Å². The lowest BCUT2D eigenvalue weighted by Gasteiger charge is -2.22. The zero-order chi connectivity index (χ0) is 16.2. The summed E-state index contributed by atoms with van der Waals surface area (Å²) in [6.07, 6.45) is 4.48. The molecule has 1 saturated heterocycles. The fraction of sp³-hybridized carbons (Fsp3) is 0.278. The van der Waals surface area contributed by atoms with Gasteiger partial charge >= 0.3 is 0 Å². The monoisotopic (exact) mass is 320 g/mol. The maximum absolute atomic E-state index is 4.45. The molecule has 1 aliphatic heterocycles. The van der Waals surface area contributed by atoms with Crippen LogP contribution >= 0.6 is 0 Å². The molecule has 6 nitrogen and oxygen atoms in total. The average molecular weight is 320 g/mol. The number of nitrogens with zero attached hydrogens (tertiary/aromatic N) is 4. The van der Waals surface area contributed by atoms with Crippen molar-refractivity contribution in [1.29, 1.82) is 0 Å². The van der Waals surface area contributed by atoms with Gasteiger partial charge in [-0.05, 0) is 24.1 Å². The summed E-state index contributed by atoms with van der Waals surface area (Å²) < 4.78 is 0. The van der Waals surface area contributed by atoms with Crippen molar-refractivity contribution in [2.24, 2.45) is 0 Å². The number of H-pyrrole nitrogens is 1. The highest BCUT2D eigenvalue weighted by atomic mass is 15.3. The van der Waals surface area contributed by atoms with Gasteiger partial charge in [-0.3, -0.25) is 10.4 Å². The summed E-state index contributed by atoms with van der Waals surface area (Å²) in [6.45, 7) is 1.95. The number of hydrogen-bond donors (Lipinski definition) is 2. The number of benzene rings is 1. The molecule has 4 rings (SSSR count). The lowest BCUT2D eigenvalue weighted by Crippen LogP contribution is -2.36. The van der Waals surface area contributed by atoms with E-state index in [4.69, 9.17) is 0 Å². The second-order valence-electron chi connectivity index (χ2n) is 6.00. The van der Waals surface area contributed by atoms with Crippen molar-refractivity contribution in [3.8, 4) is 0 Å². The van der Waals surface area contributed by atoms with Gasteiger partial charge < -0.3 is 4.90 Å². The predicted molar refractivity (Wildman–Crippen MR) is 92.7 cm³/mol. The number of rotatable bonds is 5. The first-order valence-electron chi connectivity index (χ1n) is 8.22. The molecule has 0 spiro atoms. The molecule has 0 saturated carbocycles. The van der Waals surface area contributed by atoms with E-state index in [1.807, 2.05) is 24.4 Å². The number of hydrogen-bond acceptors (Lipinski definition) is 5. The Hall–Kier alpha value is -2.73. The van der Waals surface area contributed by atoms with E-state index in [1.165, 1.54) is 5.56 Å². The number of aromatic amines is 1. The van der Waals surface area contributed by atoms with Crippen LogP contribution in [0.25, 0.3) is 0 Å². The number of nitrogens with one attached hydrogen (secondary N) is 2. The van der Waals surface area contributed by atoms with Crippen LogP contribution < -0.4 is 10.2 Å². The summed E-state index contributed by atoms with van der Waals surface area (Å²) in [5.41, 5.74) is 1.19. The van der Waals surface area contributed by atoms with Crippen LogP contribution in [0, 0.1) is 0 Å². The fourth-order valence-corrected chi connectivity index (χ4v) is 3.21. The van der Waals surface area contributed by atoms with Gasteiger partial charge in [0.1, 0.15) is 18.0 Å². The lowest BCUT2D eigenvalue weighted by molar-refractivity contribution is 0.486. The van der Waals surface area contributed by atoms with Crippen molar-refractivity contribution >= 4 is 5.82 Å². The summed E-state index contributed by atoms with van der Waals surface area (Å²) in [6, 6.07) is 16.8. The minimum Gasteiger partial charge on any atom is -0.355 e. The zero-order valence-corrected chi connectivity index (χ0v) is 13.3. The first-order valence-corrected chi connectivity index (χ1v) is 8.22. The van der Waals surface area contributed by atoms with Crippen molar-refractivity contribution in [3.05, 3.63) is 72.4 Å². The molecule has 3 aromatic rings. The molecule has 24 heavy (non-hydrogen) atoms. The Morgan fingerprint density at radius 2 is 1.96 bits per heavy atom. The van der Waals surface area contributed by atoms with Gasteiger partial charge in [-0.1, -0.05) is 36.4 Å². The van der Waals surface area contributed by atoms with Crippen LogP contribution in [-0.4, -0.2) is 39.3 Å². The normalized spacial score (nSPS) is 18.7. The van der Waals surface area contributed by atoms with Crippen molar-refractivity contribution in [2.75, 3.05) is 18.0 Å². The third-order valence-corrected chi connectivity index (χ3v) is 4.40. The van der Waals surface area contributed by atoms with Gasteiger partial charge in [0, 0.05) is 25.3 Å². The Morgan fingerprint density at radius 3 is 2.71 bits per heavy atom. The number of pyridine rings is 1. The highest BCUT2D eigenvalue weighted by Gasteiger charge is 2.27. The Bertz CT molecular complexity index is 744. The minimum absolute atomic E-state index is 0.0161. The van der Waals surface area contributed by atoms with Crippen molar-refractivity contribution in [3.63, 3.8) is 0 Å². The summed E-state index contributed by atoms with van der Waals surface area (Å²) in [5, 5.41) is 10.7. The first kappa shape index (κ1) is 14.8. The highest BCUT2D eigenvalue weighted by Crippen LogP contribution is 2.23. The van der Waals surface area contributed by atoms with Gasteiger partial charge in [-0.25, -0.2) is 9.97 Å². The molecule has 2 atom stereocenters. The summed E-state index contributed by atoms with van der Waals surface area (Å²) in [7, 11) is 0. The molecule has 2 unspecified atom stereocenters. The van der Waals surface area contributed by atoms with Crippen LogP contribution in [0.15, 0.2) is 61.1 Å². The Labute approximate surface area is 141 Å². The van der Waals surface area contributed by atoms with E-state index in [0.717, 1.165) is 31.2 Å². The van der Waals surface area contributed by atoms with E-state index in [0.29, 0.717) is 6.04 Å². The molecular weight excluding hydrogens is 300 g/mol. The standard InChI is InChI=1S/C18H20N6/c1-2-6-14(7-3-1)17(18-20-13-21-23-18)22-15-9-11-24(12-15)16-8-4-5-10-19-16/h1-8,10,13,15,17,22H,9,11-12H2,(H,20,21,23). The molecule has 2 aromatic heterocycles. The van der Waals surface area contributed by atoms with Crippen molar-refractivity contribution in [1.82, 2.24) is 25.5 Å². The summed E-state index contributed by atoms with van der Waals surface area (Å²) in [4.78, 5) is 11.1. The Morgan fingerprint density at radius 1 is 1.08 bits per heavy atom. The zero-order valence-electron chi connectivity index (χ0n) is 13.3. The summed E-state index contributed by atoms with van der Waals surface area (Å²) in [5.74, 6) is 1.88. The molecule has 0 amide bonds. The van der Waals surface area contributed by atoms with Gasteiger partial charge in [0.2, 0.25) is 0 Å². The van der Waals surface area contributed by atoms with E-state index in [2.05, 4.69) is 60.7 Å². The Kier molecular flexibility index (Phi) is 4.20. The van der Waals surface area contributed by atoms with Crippen molar-refractivity contribution in [2.45, 2.75) is 18.5 Å². The number of anilines is 1. The average Bonchev–Trinajstić information content (AvgIpc) is 3.33. The highest BCUT2D eigenvalue weighted by molar-refractivity contribution is 5.39. The van der Waals surface area contributed by atoms with E-state index >= 15 is 0 Å². The molecule has 0 radical (unpaired) electrons. The number of aromatic nitrogens is 4. The van der Waals surface area contributed by atoms with E-state index in [9.17, 15) is 0 Å². The molecule has 0 aliphatic carbocycles. The molecular formula is C18H20N6. The van der Waals surface area contributed by atoms with Gasteiger partial charge in [0.25, 0.3) is 0 Å². The van der Waals surface area contributed by atoms with Crippen LogP contribution in [-0.2, 0) is 0 Å². The first-order chi connectivity index (χ1) is 11.9. The maximum atomic E-state index is 4.45. The van der Waals surface area contributed by atoms with E-state index in [1.54, 1.807) is 6.33 Å². The van der Waals surface area contributed by atoms with Gasteiger partial charge in [0.05, 0.1) is 6.04 Å². The quantitative estimate of drug-likeness (QED) is 0.754. The fourth-order valence-electron chi connectivity index (χ4n) is 3.21. The van der Waals surface area contributed by atoms with Crippen LogP contribution in [0.4, 0.5) is 5.82 Å². The topological polar surface area (TPSA) is 69.7 Å². The molecule has 3 heterocycles. The molecule has 122 valence electrons. The molecule has 1 aliphatic rings. The molecule has 1 aromatic carbocycles. The van der Waals surface area contributed by atoms with Crippen molar-refractivity contribution < 1.29 is 0 Å². The lowest BCUT2D eigenvalue weighted by atomic mass is 10.0. The van der Waals surface area contributed by atoms with Crippen LogP contribution in [0.5, 0.6) is 0 Å². The van der Waals surface area contributed by atoms with E-state index < -0.39 is 0 Å². The molecule has 6 heteroatoms. The summed E-state index contributed by atoms with van der Waals surface area (Å²) >= 11 is 0. The molecule has 0 bridgehead atoms. The largest absolute Gasteiger partial charge is 0.355 e. The SMILES string of the molecule is c1ccc(C(NC2CCN(c3ccccn3)C2)c2ncn[nH]2)cc1. The Balaban J connectivity index is 1.50. The van der Waals surface area contributed by atoms with Gasteiger partial charge in [-0.2, -0.15) is 5.10 Å². The van der Waals surface area contributed by atoms with Crippen LogP contribution in [0.3, 0.4) is 0 Å². The smallest absolute Gasteiger partial charge is 0.145 e. The minimum atomic E-state index is 0.0161. The third-order valence-electron chi connectivity index (χ3n) is 4.40. The maximum Gasteiger partial charge on any atom is 0.145 e. The van der Waals surface area contributed by atoms with E-state index in [-0.39, 0.29) is 6.04 Å². The second kappa shape index (κ2) is 6.80. The second-order valence-corrected chi connectivity index (χ2v) is 6.00. The molecule has 1 fully saturated rings. The van der Waals surface area contributed by atoms with Crippen LogP contribution in [0.2, 0.25) is 0 Å². The van der Waals surface area contributed by atoms with Gasteiger partial charge in [-0.15, -0.1) is 0 Å². The predicted octanol–water partition coefficient (Wildman–Crippen LogP) is 2.16. The molecule has 2 N–H and O–H groups in total. The third kappa shape index (κ3) is 3.14. The van der Waals surface area contributed by atoms with Crippen LogP contribution in [0.1, 0.15) is 23.9 Å².